The summed E-state index contributed by atoms with van der Waals surface area (Å²) < 4.78 is 0. The Bertz CT molecular complexity index is 797. The third-order valence-electron chi connectivity index (χ3n) is 10.3. The lowest BCUT2D eigenvalue weighted by molar-refractivity contribution is -0.141. The molecule has 4 rings (SSSR count). The van der Waals surface area contributed by atoms with Crippen molar-refractivity contribution >= 4 is 17.5 Å². The summed E-state index contributed by atoms with van der Waals surface area (Å²) in [6, 6.07) is 0. The summed E-state index contributed by atoms with van der Waals surface area (Å²) in [6.07, 6.45) is 11.5. The van der Waals surface area contributed by atoms with Crippen molar-refractivity contribution in [2.24, 2.45) is 46.3 Å². The fourth-order valence-electron chi connectivity index (χ4n) is 8.43. The van der Waals surface area contributed by atoms with Crippen LogP contribution < -0.4 is 0 Å². The van der Waals surface area contributed by atoms with Gasteiger partial charge in [0.2, 0.25) is 0 Å². The number of allylic oxidation sites excluding steroid dienone is 1. The van der Waals surface area contributed by atoms with Crippen molar-refractivity contribution in [1.29, 1.82) is 0 Å². The molecule has 0 heterocycles. The molecule has 0 aromatic heterocycles. The second-order valence-electron chi connectivity index (χ2n) is 11.8. The van der Waals surface area contributed by atoms with E-state index in [2.05, 4.69) is 20.8 Å². The van der Waals surface area contributed by atoms with Gasteiger partial charge in [-0.15, -0.1) is 0 Å². The van der Waals surface area contributed by atoms with Gasteiger partial charge in [0, 0.05) is 18.4 Å². The molecule has 4 heteroatoms. The molecular weight excluding hydrogens is 388 g/mol. The number of ketones is 2. The van der Waals surface area contributed by atoms with Crippen LogP contribution >= 0.6 is 0 Å². The Labute approximate surface area is 187 Å². The normalized spacial score (nSPS) is 41.6. The summed E-state index contributed by atoms with van der Waals surface area (Å²) in [5.74, 6) is 2.31. The number of fused-ring (bicyclic) bond motifs is 5. The highest BCUT2D eigenvalue weighted by Crippen LogP contribution is 2.67. The molecule has 4 aliphatic carbocycles. The van der Waals surface area contributed by atoms with Crippen LogP contribution in [0.3, 0.4) is 0 Å². The topological polar surface area (TPSA) is 71.4 Å². The van der Waals surface area contributed by atoms with Crippen molar-refractivity contribution in [2.75, 3.05) is 0 Å². The molecule has 0 aromatic rings. The number of aliphatic carboxylic acids is 1. The van der Waals surface area contributed by atoms with Crippen molar-refractivity contribution in [2.45, 2.75) is 91.9 Å². The molecule has 4 nitrogen and oxygen atoms in total. The number of hydrogen-bond acceptors (Lipinski definition) is 3. The standard InChI is InChI=1S/C27H40O4/c1-16(6-5-7-17(2)25(30)31)20-8-9-21-19-15-24(29)23-14-18(28)10-12-27(23,4)22(19)11-13-26(20,21)3/h14,16-17,19-22H,5-13,15H2,1-4H3,(H,30,31)/t16-,17-,19+,20-,21+,22+,26-,27-/m1/s1. The zero-order chi connectivity index (χ0) is 22.6. The minimum absolute atomic E-state index is 0.105. The first kappa shape index (κ1) is 22.7. The highest BCUT2D eigenvalue weighted by atomic mass is 16.4. The summed E-state index contributed by atoms with van der Waals surface area (Å²) in [5.41, 5.74) is 1.02. The average molecular weight is 429 g/mol. The maximum atomic E-state index is 13.1. The van der Waals surface area contributed by atoms with E-state index in [9.17, 15) is 14.4 Å². The molecule has 0 saturated heterocycles. The van der Waals surface area contributed by atoms with Crippen LogP contribution in [0.15, 0.2) is 11.6 Å². The van der Waals surface area contributed by atoms with E-state index in [1.807, 2.05) is 6.92 Å². The Kier molecular flexibility index (Phi) is 5.98. The number of carboxylic acid groups (broad SMARTS) is 1. The maximum Gasteiger partial charge on any atom is 0.306 e. The molecule has 0 spiro atoms. The first-order valence-corrected chi connectivity index (χ1v) is 12.6. The van der Waals surface area contributed by atoms with Gasteiger partial charge in [-0.1, -0.05) is 40.5 Å². The number of Topliss-reactive ketones (excluding diaryl/α,β-unsaturated/α-hetero) is 1. The number of carboxylic acids is 1. The Balaban J connectivity index is 1.48. The molecule has 0 bridgehead atoms. The number of rotatable bonds is 6. The van der Waals surface area contributed by atoms with E-state index >= 15 is 0 Å². The minimum atomic E-state index is -0.688. The summed E-state index contributed by atoms with van der Waals surface area (Å²) in [5, 5.41) is 9.15. The molecule has 4 aliphatic rings. The predicted molar refractivity (Wildman–Crippen MR) is 120 cm³/mol. The van der Waals surface area contributed by atoms with Gasteiger partial charge in [0.15, 0.2) is 11.6 Å². The molecule has 1 N–H and O–H groups in total. The van der Waals surface area contributed by atoms with E-state index in [0.717, 1.165) is 31.3 Å². The van der Waals surface area contributed by atoms with Gasteiger partial charge in [0.1, 0.15) is 0 Å². The first-order chi connectivity index (χ1) is 14.6. The van der Waals surface area contributed by atoms with E-state index in [0.29, 0.717) is 47.8 Å². The van der Waals surface area contributed by atoms with Crippen LogP contribution in [0.1, 0.15) is 91.9 Å². The zero-order valence-corrected chi connectivity index (χ0v) is 19.8. The molecule has 3 fully saturated rings. The van der Waals surface area contributed by atoms with Gasteiger partial charge in [-0.05, 0) is 85.0 Å². The van der Waals surface area contributed by atoms with E-state index in [1.165, 1.54) is 25.7 Å². The summed E-state index contributed by atoms with van der Waals surface area (Å²) in [6.45, 7) is 8.94. The molecule has 172 valence electrons. The lowest BCUT2D eigenvalue weighted by Crippen LogP contribution is -2.53. The summed E-state index contributed by atoms with van der Waals surface area (Å²) >= 11 is 0. The van der Waals surface area contributed by atoms with Gasteiger partial charge in [-0.25, -0.2) is 0 Å². The molecule has 0 radical (unpaired) electrons. The molecule has 0 aliphatic heterocycles. The van der Waals surface area contributed by atoms with E-state index in [1.54, 1.807) is 6.08 Å². The highest BCUT2D eigenvalue weighted by Gasteiger charge is 2.60. The summed E-state index contributed by atoms with van der Waals surface area (Å²) in [4.78, 5) is 36.3. The predicted octanol–water partition coefficient (Wildman–Crippen LogP) is 5.84. The Morgan fingerprint density at radius 1 is 1.10 bits per heavy atom. The fourth-order valence-corrected chi connectivity index (χ4v) is 8.43. The van der Waals surface area contributed by atoms with Crippen LogP contribution in [0.25, 0.3) is 0 Å². The molecule has 0 amide bonds. The van der Waals surface area contributed by atoms with E-state index in [-0.39, 0.29) is 22.9 Å². The van der Waals surface area contributed by atoms with Crippen molar-refractivity contribution in [3.05, 3.63) is 11.6 Å². The Morgan fingerprint density at radius 3 is 2.55 bits per heavy atom. The quantitative estimate of drug-likeness (QED) is 0.577. The highest BCUT2D eigenvalue weighted by molar-refractivity contribution is 6.05. The maximum absolute atomic E-state index is 13.1. The van der Waals surface area contributed by atoms with Gasteiger partial charge >= 0.3 is 5.97 Å². The fraction of sp³-hybridized carbons (Fsp3) is 0.815. The lowest BCUT2D eigenvalue weighted by atomic mass is 9.46. The minimum Gasteiger partial charge on any atom is -0.481 e. The van der Waals surface area contributed by atoms with Crippen LogP contribution in [-0.4, -0.2) is 22.6 Å². The van der Waals surface area contributed by atoms with Crippen LogP contribution in [0, 0.1) is 46.3 Å². The molecule has 0 unspecified atom stereocenters. The first-order valence-electron chi connectivity index (χ1n) is 12.6. The Morgan fingerprint density at radius 2 is 1.84 bits per heavy atom. The number of hydrogen-bond donors (Lipinski definition) is 1. The summed E-state index contributed by atoms with van der Waals surface area (Å²) in [7, 11) is 0. The third-order valence-corrected chi connectivity index (χ3v) is 10.3. The van der Waals surface area contributed by atoms with E-state index < -0.39 is 5.97 Å². The molecule has 0 aromatic carbocycles. The van der Waals surface area contributed by atoms with Crippen molar-refractivity contribution in [3.63, 3.8) is 0 Å². The molecule has 3 saturated carbocycles. The van der Waals surface area contributed by atoms with Gasteiger partial charge in [-0.3, -0.25) is 14.4 Å². The third kappa shape index (κ3) is 3.72. The van der Waals surface area contributed by atoms with Crippen LogP contribution in [0.2, 0.25) is 0 Å². The van der Waals surface area contributed by atoms with Gasteiger partial charge < -0.3 is 5.11 Å². The van der Waals surface area contributed by atoms with Crippen LogP contribution in [-0.2, 0) is 14.4 Å². The Hall–Kier alpha value is -1.45. The zero-order valence-electron chi connectivity index (χ0n) is 19.8. The van der Waals surface area contributed by atoms with Crippen molar-refractivity contribution in [3.8, 4) is 0 Å². The largest absolute Gasteiger partial charge is 0.481 e. The average Bonchev–Trinajstić information content (AvgIpc) is 3.06. The number of carbonyl (C=O) groups excluding carboxylic acids is 2. The van der Waals surface area contributed by atoms with Gasteiger partial charge in [0.05, 0.1) is 5.92 Å². The van der Waals surface area contributed by atoms with Crippen molar-refractivity contribution < 1.29 is 19.5 Å². The smallest absolute Gasteiger partial charge is 0.306 e. The van der Waals surface area contributed by atoms with Crippen molar-refractivity contribution in [1.82, 2.24) is 0 Å². The lowest BCUT2D eigenvalue weighted by Gasteiger charge is -2.57. The molecule has 31 heavy (non-hydrogen) atoms. The van der Waals surface area contributed by atoms with Crippen LogP contribution in [0.5, 0.6) is 0 Å². The SMILES string of the molecule is C[C@H](CCC[C@@H](C)[C@H]1CC[C@H]2[C@@H]3CC(=O)C4=CC(=O)CC[C@]4(C)[C@H]3CC[C@]12C)C(=O)O. The van der Waals surface area contributed by atoms with Gasteiger partial charge in [0.25, 0.3) is 0 Å². The van der Waals surface area contributed by atoms with Crippen LogP contribution in [0.4, 0.5) is 0 Å². The van der Waals surface area contributed by atoms with E-state index in [4.69, 9.17) is 5.11 Å². The van der Waals surface area contributed by atoms with Gasteiger partial charge in [-0.2, -0.15) is 0 Å². The molecular formula is C27H40O4. The monoisotopic (exact) mass is 428 g/mol. The second kappa shape index (κ2) is 8.15. The number of carbonyl (C=O) groups is 3. The molecule has 8 atom stereocenters. The second-order valence-corrected chi connectivity index (χ2v) is 11.8.